The lowest BCUT2D eigenvalue weighted by molar-refractivity contribution is -0.121. The number of carbonyl (C=O) groups excluding carboxylic acids is 1. The number of rotatable bonds is 9. The Balaban J connectivity index is 1.62. The fourth-order valence-corrected chi connectivity index (χ4v) is 3.23. The van der Waals surface area contributed by atoms with Gasteiger partial charge in [0.2, 0.25) is 5.91 Å². The molecule has 0 atom stereocenters. The van der Waals surface area contributed by atoms with Crippen LogP contribution < -0.4 is 10.1 Å². The number of ether oxygens (including phenoxy) is 1. The Morgan fingerprint density at radius 2 is 1.92 bits per heavy atom. The highest BCUT2D eigenvalue weighted by Crippen LogP contribution is 2.28. The predicted molar refractivity (Wildman–Crippen MR) is 97.8 cm³/mol. The molecule has 0 unspecified atom stereocenters. The molecule has 0 heterocycles. The Bertz CT molecular complexity index is 661. The van der Waals surface area contributed by atoms with Gasteiger partial charge >= 0.3 is 0 Å². The maximum atomic E-state index is 11.9. The van der Waals surface area contributed by atoms with Gasteiger partial charge in [-0.05, 0) is 42.4 Å². The van der Waals surface area contributed by atoms with Gasteiger partial charge in [0.25, 0.3) is 0 Å². The molecule has 1 amide bonds. The lowest BCUT2D eigenvalue weighted by Gasteiger charge is -2.09. The van der Waals surface area contributed by atoms with Crippen LogP contribution in [0.1, 0.15) is 18.4 Å². The lowest BCUT2D eigenvalue weighted by Crippen LogP contribution is -2.25. The summed E-state index contributed by atoms with van der Waals surface area (Å²) in [7, 11) is 1.65. The topological polar surface area (TPSA) is 58.6 Å². The van der Waals surface area contributed by atoms with Crippen molar-refractivity contribution in [3.05, 3.63) is 54.1 Å². The largest absolute Gasteiger partial charge is 0.507 e. The third kappa shape index (κ3) is 5.81. The molecule has 0 saturated carbocycles. The molecule has 0 saturated heterocycles. The monoisotopic (exact) mass is 345 g/mol. The summed E-state index contributed by atoms with van der Waals surface area (Å²) in [5.74, 6) is 2.01. The van der Waals surface area contributed by atoms with Crippen molar-refractivity contribution >= 4 is 17.7 Å². The number of thioether (sulfide) groups is 1. The Kier molecular flexibility index (Phi) is 7.49. The number of carbonyl (C=O) groups is 1. The average Bonchev–Trinajstić information content (AvgIpc) is 2.60. The van der Waals surface area contributed by atoms with Crippen LogP contribution in [-0.2, 0) is 11.2 Å². The van der Waals surface area contributed by atoms with Crippen molar-refractivity contribution in [3.63, 3.8) is 0 Å². The zero-order valence-electron chi connectivity index (χ0n) is 13.8. The van der Waals surface area contributed by atoms with Crippen LogP contribution >= 0.6 is 11.8 Å². The van der Waals surface area contributed by atoms with Crippen LogP contribution in [0.2, 0.25) is 0 Å². The van der Waals surface area contributed by atoms with Gasteiger partial charge in [-0.25, -0.2) is 0 Å². The molecule has 5 heteroatoms. The summed E-state index contributed by atoms with van der Waals surface area (Å²) in [4.78, 5) is 12.7. The number of benzene rings is 2. The highest BCUT2D eigenvalue weighted by atomic mass is 32.2. The van der Waals surface area contributed by atoms with Gasteiger partial charge in [0.1, 0.15) is 11.5 Å². The van der Waals surface area contributed by atoms with E-state index < -0.39 is 0 Å². The van der Waals surface area contributed by atoms with Gasteiger partial charge < -0.3 is 15.2 Å². The van der Waals surface area contributed by atoms with Crippen molar-refractivity contribution in [2.75, 3.05) is 19.4 Å². The van der Waals surface area contributed by atoms with Crippen molar-refractivity contribution in [1.29, 1.82) is 0 Å². The number of hydrogen-bond donors (Lipinski definition) is 2. The molecule has 2 rings (SSSR count). The van der Waals surface area contributed by atoms with E-state index in [4.69, 9.17) is 4.74 Å². The van der Waals surface area contributed by atoms with E-state index in [9.17, 15) is 9.90 Å². The van der Waals surface area contributed by atoms with Crippen molar-refractivity contribution in [2.24, 2.45) is 0 Å². The van der Waals surface area contributed by atoms with Gasteiger partial charge in [-0.3, -0.25) is 4.79 Å². The van der Waals surface area contributed by atoms with E-state index in [1.165, 1.54) is 0 Å². The molecule has 24 heavy (non-hydrogen) atoms. The smallest absolute Gasteiger partial charge is 0.220 e. The third-order valence-corrected chi connectivity index (χ3v) is 4.73. The molecule has 0 fully saturated rings. The Morgan fingerprint density at radius 3 is 2.71 bits per heavy atom. The van der Waals surface area contributed by atoms with Gasteiger partial charge in [0, 0.05) is 17.9 Å². The van der Waals surface area contributed by atoms with E-state index in [1.54, 1.807) is 31.0 Å². The first kappa shape index (κ1) is 18.2. The fraction of sp³-hybridized carbons (Fsp3) is 0.316. The molecule has 4 nitrogen and oxygen atoms in total. The summed E-state index contributed by atoms with van der Waals surface area (Å²) in [6.45, 7) is 0.603. The summed E-state index contributed by atoms with van der Waals surface area (Å²) < 4.78 is 5.30. The molecule has 0 radical (unpaired) electrons. The number of phenolic OH excluding ortho intramolecular Hbond substituents is 1. The van der Waals surface area contributed by atoms with E-state index in [-0.39, 0.29) is 5.91 Å². The zero-order valence-corrected chi connectivity index (χ0v) is 14.6. The van der Waals surface area contributed by atoms with Crippen molar-refractivity contribution in [2.45, 2.75) is 24.2 Å². The highest BCUT2D eigenvalue weighted by molar-refractivity contribution is 7.99. The SMILES string of the molecule is COc1ccccc1CCNC(=O)CCCSc1ccccc1O. The fourth-order valence-electron chi connectivity index (χ4n) is 2.33. The summed E-state index contributed by atoms with van der Waals surface area (Å²) in [6.07, 6.45) is 2.02. The van der Waals surface area contributed by atoms with Crippen LogP contribution in [0.4, 0.5) is 0 Å². The molecule has 0 aromatic heterocycles. The van der Waals surface area contributed by atoms with Crippen molar-refractivity contribution < 1.29 is 14.6 Å². The number of nitrogens with one attached hydrogen (secondary N) is 1. The minimum Gasteiger partial charge on any atom is -0.507 e. The molecule has 0 aliphatic heterocycles. The number of phenols is 1. The Labute approximate surface area is 147 Å². The maximum absolute atomic E-state index is 11.9. The van der Waals surface area contributed by atoms with E-state index in [2.05, 4.69) is 5.32 Å². The molecule has 0 aliphatic rings. The second kappa shape index (κ2) is 9.88. The normalized spacial score (nSPS) is 10.4. The van der Waals surface area contributed by atoms with E-state index in [0.717, 1.165) is 34.8 Å². The first-order chi connectivity index (χ1) is 11.7. The van der Waals surface area contributed by atoms with Crippen molar-refractivity contribution in [1.82, 2.24) is 5.32 Å². The van der Waals surface area contributed by atoms with Gasteiger partial charge in [0.15, 0.2) is 0 Å². The first-order valence-corrected chi connectivity index (χ1v) is 8.98. The number of para-hydroxylation sites is 2. The Morgan fingerprint density at radius 1 is 1.17 bits per heavy atom. The van der Waals surface area contributed by atoms with Gasteiger partial charge in [-0.15, -0.1) is 11.8 Å². The predicted octanol–water partition coefficient (Wildman–Crippen LogP) is 3.63. The molecule has 0 bridgehead atoms. The van der Waals surface area contributed by atoms with E-state index >= 15 is 0 Å². The van der Waals surface area contributed by atoms with Crippen LogP contribution in [0.3, 0.4) is 0 Å². The van der Waals surface area contributed by atoms with Crippen LogP contribution in [0.25, 0.3) is 0 Å². The van der Waals surface area contributed by atoms with Crippen LogP contribution in [0.5, 0.6) is 11.5 Å². The molecular formula is C19H23NO3S. The van der Waals surface area contributed by atoms with Crippen LogP contribution in [-0.4, -0.2) is 30.4 Å². The van der Waals surface area contributed by atoms with Crippen molar-refractivity contribution in [3.8, 4) is 11.5 Å². The average molecular weight is 345 g/mol. The molecule has 2 N–H and O–H groups in total. The molecule has 128 valence electrons. The van der Waals surface area contributed by atoms with Crippen LogP contribution in [0.15, 0.2) is 53.4 Å². The second-order valence-corrected chi connectivity index (χ2v) is 6.47. The van der Waals surface area contributed by atoms with E-state index in [1.807, 2.05) is 36.4 Å². The van der Waals surface area contributed by atoms with Gasteiger partial charge in [-0.2, -0.15) is 0 Å². The zero-order chi connectivity index (χ0) is 17.2. The molecule has 0 aliphatic carbocycles. The summed E-state index contributed by atoms with van der Waals surface area (Å²) >= 11 is 1.57. The minimum absolute atomic E-state index is 0.0581. The standard InChI is InChI=1S/C19H23NO3S/c1-23-17-9-4-2-7-15(17)12-13-20-19(22)11-6-14-24-18-10-5-3-8-16(18)21/h2-5,7-10,21H,6,11-14H2,1H3,(H,20,22). The molecule has 2 aromatic carbocycles. The summed E-state index contributed by atoms with van der Waals surface area (Å²) in [6, 6.07) is 15.1. The quantitative estimate of drug-likeness (QED) is 0.538. The maximum Gasteiger partial charge on any atom is 0.220 e. The number of hydrogen-bond acceptors (Lipinski definition) is 4. The summed E-state index contributed by atoms with van der Waals surface area (Å²) in [5.41, 5.74) is 1.09. The lowest BCUT2D eigenvalue weighted by atomic mass is 10.1. The third-order valence-electron chi connectivity index (χ3n) is 3.58. The molecule has 2 aromatic rings. The van der Waals surface area contributed by atoms with Gasteiger partial charge in [-0.1, -0.05) is 30.3 Å². The molecular weight excluding hydrogens is 322 g/mol. The number of aromatic hydroxyl groups is 1. The second-order valence-electron chi connectivity index (χ2n) is 5.33. The number of amides is 1. The number of methoxy groups -OCH3 is 1. The molecule has 0 spiro atoms. The van der Waals surface area contributed by atoms with Gasteiger partial charge in [0.05, 0.1) is 7.11 Å². The first-order valence-electron chi connectivity index (χ1n) is 8.00. The highest BCUT2D eigenvalue weighted by Gasteiger charge is 2.05. The Hall–Kier alpha value is -2.14. The minimum atomic E-state index is 0.0581. The summed E-state index contributed by atoms with van der Waals surface area (Å²) in [5, 5.41) is 12.6. The van der Waals surface area contributed by atoms with E-state index in [0.29, 0.717) is 18.7 Å². The van der Waals surface area contributed by atoms with Crippen LogP contribution in [0, 0.1) is 0 Å².